The highest BCUT2D eigenvalue weighted by molar-refractivity contribution is 6.26. The maximum Gasteiger partial charge on any atom is 0.264 e. The molecule has 1 atom stereocenters. The van der Waals surface area contributed by atoms with E-state index in [9.17, 15) is 39.0 Å². The van der Waals surface area contributed by atoms with Gasteiger partial charge in [0.05, 0.1) is 22.4 Å². The van der Waals surface area contributed by atoms with E-state index in [-0.39, 0.29) is 70.9 Å². The number of unbranched alkanes of at least 4 members (excludes halogenated alkanes) is 4. The molecule has 4 N–H and O–H groups in total. The molecule has 2 fully saturated rings. The quantitative estimate of drug-likeness (QED) is 0.130. The second kappa shape index (κ2) is 17.5. The number of hydrogen-bond donors (Lipinski definition) is 4. The highest BCUT2D eigenvalue weighted by Gasteiger charge is 2.45. The average Bonchev–Trinajstić information content (AvgIpc) is 3.73. The molecular weight excluding hydrogens is 741 g/mol. The number of nitrogens with zero attached hydrogens (tertiary/aromatic N) is 4. The van der Waals surface area contributed by atoms with Gasteiger partial charge in [0, 0.05) is 64.7 Å². The zero-order chi connectivity index (χ0) is 41.1. The summed E-state index contributed by atoms with van der Waals surface area (Å²) in [6.45, 7) is 10.7. The maximum atomic E-state index is 13.4. The minimum absolute atomic E-state index is 0.00628. The molecule has 14 heteroatoms. The summed E-state index contributed by atoms with van der Waals surface area (Å²) in [5.74, 6) is -3.06. The maximum absolute atomic E-state index is 13.4. The van der Waals surface area contributed by atoms with E-state index in [4.69, 9.17) is 0 Å². The Morgan fingerprint density at radius 3 is 2.31 bits per heavy atom. The molecule has 3 aromatic carbocycles. The normalized spacial score (nSPS) is 18.5. The Kier molecular flexibility index (Phi) is 12.2. The lowest BCUT2D eigenvalue weighted by Gasteiger charge is -2.34. The van der Waals surface area contributed by atoms with E-state index in [0.717, 1.165) is 81.0 Å². The number of phenols is 2. The highest BCUT2D eigenvalue weighted by atomic mass is 16.3. The first-order valence-corrected chi connectivity index (χ1v) is 20.4. The van der Waals surface area contributed by atoms with Gasteiger partial charge in [-0.15, -0.1) is 0 Å². The van der Waals surface area contributed by atoms with Crippen molar-refractivity contribution in [2.45, 2.75) is 96.8 Å². The number of phenolic OH excluding ortho intramolecular Hbond substituents is 2. The minimum atomic E-state index is -1.06. The first-order chi connectivity index (χ1) is 27.9. The van der Waals surface area contributed by atoms with Crippen molar-refractivity contribution in [3.8, 4) is 11.5 Å². The number of piperazine rings is 1. The molecule has 6 amide bonds. The number of hydrogen-bond acceptors (Lipinski definition) is 10. The average molecular weight is 793 g/mol. The van der Waals surface area contributed by atoms with E-state index in [0.29, 0.717) is 25.1 Å². The van der Waals surface area contributed by atoms with Crippen molar-refractivity contribution < 1.29 is 39.0 Å². The monoisotopic (exact) mass is 792 g/mol. The smallest absolute Gasteiger partial charge is 0.264 e. The molecule has 3 aromatic rings. The minimum Gasteiger partial charge on any atom is -0.508 e. The zero-order valence-corrected chi connectivity index (χ0v) is 33.2. The summed E-state index contributed by atoms with van der Waals surface area (Å²) < 4.78 is 0. The Balaban J connectivity index is 0.781. The number of rotatable bonds is 14. The largest absolute Gasteiger partial charge is 0.508 e. The fraction of sp³-hybridized carbons (Fsp3) is 0.455. The Labute approximate surface area is 338 Å². The van der Waals surface area contributed by atoms with Crippen LogP contribution in [0.1, 0.15) is 124 Å². The predicted octanol–water partition coefficient (Wildman–Crippen LogP) is 4.88. The third-order valence-electron chi connectivity index (χ3n) is 11.8. The van der Waals surface area contributed by atoms with Crippen molar-refractivity contribution >= 4 is 41.1 Å². The fourth-order valence-electron chi connectivity index (χ4n) is 8.50. The number of piperidine rings is 1. The van der Waals surface area contributed by atoms with Gasteiger partial charge in [0.1, 0.15) is 17.5 Å². The first-order valence-electron chi connectivity index (χ1n) is 20.4. The van der Waals surface area contributed by atoms with Gasteiger partial charge in [-0.1, -0.05) is 57.4 Å². The van der Waals surface area contributed by atoms with Gasteiger partial charge in [-0.3, -0.25) is 43.9 Å². The van der Waals surface area contributed by atoms with E-state index in [1.54, 1.807) is 23.1 Å². The molecule has 4 aliphatic heterocycles. The zero-order valence-electron chi connectivity index (χ0n) is 33.2. The van der Waals surface area contributed by atoms with Gasteiger partial charge in [-0.2, -0.15) is 0 Å². The number of nitrogens with one attached hydrogen (secondary N) is 2. The summed E-state index contributed by atoms with van der Waals surface area (Å²) in [5.41, 5.74) is 4.76. The van der Waals surface area contributed by atoms with Gasteiger partial charge in [-0.25, -0.2) is 0 Å². The second-order valence-corrected chi connectivity index (χ2v) is 16.2. The van der Waals surface area contributed by atoms with Crippen molar-refractivity contribution in [3.63, 3.8) is 0 Å². The number of imide groups is 2. The van der Waals surface area contributed by atoms with Crippen molar-refractivity contribution in [3.05, 3.63) is 87.5 Å². The van der Waals surface area contributed by atoms with Crippen LogP contribution >= 0.6 is 0 Å². The fourth-order valence-corrected chi connectivity index (χ4v) is 8.50. The third-order valence-corrected chi connectivity index (χ3v) is 11.8. The molecule has 0 aromatic heterocycles. The van der Waals surface area contributed by atoms with Crippen LogP contribution in [0.15, 0.2) is 48.5 Å². The number of carbonyl (C=O) groups is 6. The lowest BCUT2D eigenvalue weighted by Crippen LogP contribution is -2.54. The lowest BCUT2D eigenvalue weighted by atomic mass is 9.98. The summed E-state index contributed by atoms with van der Waals surface area (Å²) in [5, 5.41) is 25.7. The SMILES string of the molecule is CC(C)c1cc(C(=O)N2Cc3ccc(CN4CCN(CCCCCCCC(=O)Nc5cccc6c5C(=O)N(C5CCC(=O)NC5=O)C6=O)CC4)cc3C2)c(O)cc1O. The highest BCUT2D eigenvalue weighted by Crippen LogP contribution is 2.35. The number of fused-ring (bicyclic) bond motifs is 2. The number of carbonyl (C=O) groups excluding carboxylic acids is 6. The molecule has 14 nitrogen and oxygen atoms in total. The van der Waals surface area contributed by atoms with Gasteiger partial charge in [0.25, 0.3) is 17.7 Å². The molecule has 7 rings (SSSR count). The van der Waals surface area contributed by atoms with Crippen molar-refractivity contribution in [1.82, 2.24) is 24.9 Å². The Morgan fingerprint density at radius 2 is 1.55 bits per heavy atom. The van der Waals surface area contributed by atoms with E-state index in [1.807, 2.05) is 13.8 Å². The van der Waals surface area contributed by atoms with Crippen LogP contribution in [-0.2, 0) is 34.0 Å². The Hall–Kier alpha value is -5.60. The molecule has 1 unspecified atom stereocenters. The summed E-state index contributed by atoms with van der Waals surface area (Å²) in [7, 11) is 0. The number of anilines is 1. The van der Waals surface area contributed by atoms with Crippen LogP contribution < -0.4 is 10.6 Å². The van der Waals surface area contributed by atoms with Crippen LogP contribution in [0.4, 0.5) is 5.69 Å². The third kappa shape index (κ3) is 8.77. The lowest BCUT2D eigenvalue weighted by molar-refractivity contribution is -0.136. The van der Waals surface area contributed by atoms with Gasteiger partial charge >= 0.3 is 0 Å². The van der Waals surface area contributed by atoms with Crippen molar-refractivity contribution in [2.75, 3.05) is 38.0 Å². The van der Waals surface area contributed by atoms with Crippen LogP contribution in [0.3, 0.4) is 0 Å². The van der Waals surface area contributed by atoms with Crippen LogP contribution in [0, 0.1) is 0 Å². The molecule has 306 valence electrons. The second-order valence-electron chi connectivity index (χ2n) is 16.2. The number of amides is 6. The van der Waals surface area contributed by atoms with E-state index in [1.165, 1.54) is 17.7 Å². The summed E-state index contributed by atoms with van der Waals surface area (Å²) >= 11 is 0. The molecule has 0 aliphatic carbocycles. The van der Waals surface area contributed by atoms with E-state index in [2.05, 4.69) is 38.6 Å². The number of aromatic hydroxyl groups is 2. The van der Waals surface area contributed by atoms with Crippen LogP contribution in [0.25, 0.3) is 0 Å². The van der Waals surface area contributed by atoms with Gasteiger partial charge in [0.15, 0.2) is 0 Å². The Bertz CT molecular complexity index is 2130. The molecule has 58 heavy (non-hydrogen) atoms. The van der Waals surface area contributed by atoms with Crippen LogP contribution in [-0.4, -0.2) is 104 Å². The molecule has 0 saturated carbocycles. The van der Waals surface area contributed by atoms with Gasteiger partial charge in [-0.05, 0) is 72.2 Å². The van der Waals surface area contributed by atoms with E-state index >= 15 is 0 Å². The standard InChI is InChI=1S/C44H52N6O8/c1-27(2)32-22-33(37(52)23-36(32)51)42(56)49-25-29-13-12-28(21-30(29)26-49)24-48-19-17-47(18-20-48)16-7-5-3-4-6-11-38(53)45-34-10-8-9-31-40(34)44(58)50(43(31)57)35-14-15-39(54)46-41(35)55/h8-10,12-13,21-23,27,35,51-52H,3-7,11,14-20,24-26H2,1-2H3,(H,45,53)(H,46,54,55). The molecule has 4 aliphatic rings. The number of benzene rings is 3. The topological polar surface area (TPSA) is 180 Å². The van der Waals surface area contributed by atoms with Crippen LogP contribution in [0.2, 0.25) is 0 Å². The molecule has 0 bridgehead atoms. The molecular formula is C44H52N6O8. The summed E-state index contributed by atoms with van der Waals surface area (Å²) in [6.07, 6.45) is 5.16. The molecule has 0 spiro atoms. The van der Waals surface area contributed by atoms with E-state index < -0.39 is 29.7 Å². The summed E-state index contributed by atoms with van der Waals surface area (Å²) in [6, 6.07) is 12.9. The van der Waals surface area contributed by atoms with Gasteiger partial charge in [0.2, 0.25) is 17.7 Å². The predicted molar refractivity (Wildman–Crippen MR) is 215 cm³/mol. The molecule has 0 radical (unpaired) electrons. The van der Waals surface area contributed by atoms with Crippen molar-refractivity contribution in [2.24, 2.45) is 0 Å². The molecule has 4 heterocycles. The van der Waals surface area contributed by atoms with Gasteiger partial charge < -0.3 is 25.3 Å². The Morgan fingerprint density at radius 1 is 0.828 bits per heavy atom. The first kappa shape index (κ1) is 40.6. The summed E-state index contributed by atoms with van der Waals surface area (Å²) in [4.78, 5) is 84.2. The molecule has 2 saturated heterocycles. The van der Waals surface area contributed by atoms with Crippen LogP contribution in [0.5, 0.6) is 11.5 Å². The van der Waals surface area contributed by atoms with Crippen molar-refractivity contribution in [1.29, 1.82) is 0 Å².